The van der Waals surface area contributed by atoms with Gasteiger partial charge in [-0.15, -0.1) is 0 Å². The minimum absolute atomic E-state index is 0.0501. The molecule has 0 saturated heterocycles. The van der Waals surface area contributed by atoms with Crippen LogP contribution in [0.15, 0.2) is 61.2 Å². The molecule has 2 aromatic rings. The molecule has 1 heterocycles. The van der Waals surface area contributed by atoms with E-state index < -0.39 is 0 Å². The first kappa shape index (κ1) is 14.2. The van der Waals surface area contributed by atoms with Crippen LogP contribution in [0.5, 0.6) is 17.2 Å². The van der Waals surface area contributed by atoms with E-state index in [2.05, 4.69) is 11.9 Å². The molecule has 4 heteroatoms. The largest absolute Gasteiger partial charge is 0.488 e. The van der Waals surface area contributed by atoms with Gasteiger partial charge in [-0.25, -0.2) is 0 Å². The van der Waals surface area contributed by atoms with Crippen LogP contribution in [0.1, 0.15) is 5.56 Å². The van der Waals surface area contributed by atoms with Gasteiger partial charge in [-0.05, 0) is 36.4 Å². The van der Waals surface area contributed by atoms with Crippen molar-refractivity contribution >= 4 is 5.91 Å². The average Bonchev–Trinajstić information content (AvgIpc) is 2.95. The summed E-state index contributed by atoms with van der Waals surface area (Å²) in [5.74, 6) is 2.24. The summed E-state index contributed by atoms with van der Waals surface area (Å²) in [6.45, 7) is 3.89. The predicted octanol–water partition coefficient (Wildman–Crippen LogP) is 3.08. The minimum Gasteiger partial charge on any atom is -0.488 e. The molecule has 0 bridgehead atoms. The van der Waals surface area contributed by atoms with Crippen LogP contribution >= 0.6 is 0 Å². The van der Waals surface area contributed by atoms with Gasteiger partial charge in [0.15, 0.2) is 0 Å². The standard InChI is InChI=1S/C18H17NO3/c1-2-18(20)19-12-16-11-13-10-15(8-9-17(13)22-16)21-14-6-4-3-5-7-14/h2-10,16H,1,11-12H2,(H,19,20)/t16-/m0/s1. The van der Waals surface area contributed by atoms with Crippen molar-refractivity contribution in [3.63, 3.8) is 0 Å². The van der Waals surface area contributed by atoms with Gasteiger partial charge in [0.05, 0.1) is 6.54 Å². The highest BCUT2D eigenvalue weighted by Crippen LogP contribution is 2.33. The fourth-order valence-corrected chi connectivity index (χ4v) is 2.39. The van der Waals surface area contributed by atoms with E-state index in [9.17, 15) is 4.79 Å². The van der Waals surface area contributed by atoms with Crippen molar-refractivity contribution < 1.29 is 14.3 Å². The predicted molar refractivity (Wildman–Crippen MR) is 84.3 cm³/mol. The lowest BCUT2D eigenvalue weighted by Crippen LogP contribution is -2.33. The molecule has 0 unspecified atom stereocenters. The maximum atomic E-state index is 11.2. The number of benzene rings is 2. The summed E-state index contributed by atoms with van der Waals surface area (Å²) in [5, 5.41) is 2.75. The van der Waals surface area contributed by atoms with Gasteiger partial charge in [-0.1, -0.05) is 24.8 Å². The number of hydrogen-bond acceptors (Lipinski definition) is 3. The number of fused-ring (bicyclic) bond motifs is 1. The van der Waals surface area contributed by atoms with E-state index in [1.54, 1.807) is 0 Å². The van der Waals surface area contributed by atoms with Gasteiger partial charge in [0, 0.05) is 12.0 Å². The van der Waals surface area contributed by atoms with Crippen LogP contribution in [0.25, 0.3) is 0 Å². The summed E-state index contributed by atoms with van der Waals surface area (Å²) in [5.41, 5.74) is 1.09. The van der Waals surface area contributed by atoms with Crippen LogP contribution in [0, 0.1) is 0 Å². The zero-order valence-corrected chi connectivity index (χ0v) is 12.1. The Balaban J connectivity index is 1.64. The van der Waals surface area contributed by atoms with Crippen LogP contribution in [0.4, 0.5) is 0 Å². The summed E-state index contributed by atoms with van der Waals surface area (Å²) < 4.78 is 11.6. The van der Waals surface area contributed by atoms with Gasteiger partial charge in [0.2, 0.25) is 5.91 Å². The Morgan fingerprint density at radius 1 is 1.27 bits per heavy atom. The van der Waals surface area contributed by atoms with Gasteiger partial charge in [0.25, 0.3) is 0 Å². The van der Waals surface area contributed by atoms with Crippen molar-refractivity contribution in [2.75, 3.05) is 6.54 Å². The Labute approximate surface area is 129 Å². The molecule has 1 amide bonds. The molecular weight excluding hydrogens is 278 g/mol. The Morgan fingerprint density at radius 2 is 2.09 bits per heavy atom. The third-order valence-corrected chi connectivity index (χ3v) is 3.44. The molecule has 3 rings (SSSR count). The van der Waals surface area contributed by atoms with E-state index >= 15 is 0 Å². The average molecular weight is 295 g/mol. The van der Waals surface area contributed by atoms with Gasteiger partial charge in [-0.3, -0.25) is 4.79 Å². The van der Waals surface area contributed by atoms with Crippen LogP contribution in [0.3, 0.4) is 0 Å². The summed E-state index contributed by atoms with van der Waals surface area (Å²) in [6, 6.07) is 15.4. The van der Waals surface area contributed by atoms with Crippen molar-refractivity contribution in [3.8, 4) is 17.2 Å². The lowest BCUT2D eigenvalue weighted by atomic mass is 10.1. The van der Waals surface area contributed by atoms with E-state index in [1.165, 1.54) is 6.08 Å². The highest BCUT2D eigenvalue weighted by atomic mass is 16.5. The number of nitrogens with one attached hydrogen (secondary N) is 1. The molecule has 4 nitrogen and oxygen atoms in total. The van der Waals surface area contributed by atoms with Crippen molar-refractivity contribution in [1.29, 1.82) is 0 Å². The number of amides is 1. The van der Waals surface area contributed by atoms with Gasteiger partial charge in [-0.2, -0.15) is 0 Å². The number of hydrogen-bond donors (Lipinski definition) is 1. The van der Waals surface area contributed by atoms with Crippen molar-refractivity contribution in [2.45, 2.75) is 12.5 Å². The molecule has 1 aliphatic rings. The molecule has 1 N–H and O–H groups in total. The van der Waals surface area contributed by atoms with Crippen LogP contribution in [0.2, 0.25) is 0 Å². The zero-order chi connectivity index (χ0) is 15.4. The second kappa shape index (κ2) is 6.35. The quantitative estimate of drug-likeness (QED) is 0.862. The fourth-order valence-electron chi connectivity index (χ4n) is 2.39. The normalized spacial score (nSPS) is 15.5. The van der Waals surface area contributed by atoms with Crippen LogP contribution in [-0.4, -0.2) is 18.6 Å². The van der Waals surface area contributed by atoms with Crippen molar-refractivity contribution in [1.82, 2.24) is 5.32 Å². The zero-order valence-electron chi connectivity index (χ0n) is 12.1. The first-order chi connectivity index (χ1) is 10.7. The van der Waals surface area contributed by atoms with Gasteiger partial charge >= 0.3 is 0 Å². The monoisotopic (exact) mass is 295 g/mol. The number of ether oxygens (including phenoxy) is 2. The highest BCUT2D eigenvalue weighted by Gasteiger charge is 2.23. The molecule has 112 valence electrons. The first-order valence-corrected chi connectivity index (χ1v) is 7.17. The molecule has 1 aliphatic heterocycles. The van der Waals surface area contributed by atoms with Crippen LogP contribution < -0.4 is 14.8 Å². The van der Waals surface area contributed by atoms with E-state index in [-0.39, 0.29) is 12.0 Å². The second-order valence-electron chi connectivity index (χ2n) is 5.08. The van der Waals surface area contributed by atoms with Crippen molar-refractivity contribution in [3.05, 3.63) is 66.7 Å². The Bertz CT molecular complexity index is 682. The second-order valence-corrected chi connectivity index (χ2v) is 5.08. The third-order valence-electron chi connectivity index (χ3n) is 3.44. The molecule has 0 aromatic heterocycles. The Hall–Kier alpha value is -2.75. The van der Waals surface area contributed by atoms with E-state index in [0.717, 1.165) is 29.2 Å². The minimum atomic E-state index is -0.187. The summed E-state index contributed by atoms with van der Waals surface area (Å²) in [4.78, 5) is 11.2. The number of carbonyl (C=O) groups is 1. The number of para-hydroxylation sites is 1. The van der Waals surface area contributed by atoms with Crippen molar-refractivity contribution in [2.24, 2.45) is 0 Å². The molecule has 22 heavy (non-hydrogen) atoms. The van der Waals surface area contributed by atoms with Gasteiger partial charge < -0.3 is 14.8 Å². The summed E-state index contributed by atoms with van der Waals surface area (Å²) in [7, 11) is 0. The maximum Gasteiger partial charge on any atom is 0.243 e. The lowest BCUT2D eigenvalue weighted by Gasteiger charge is -2.10. The fraction of sp³-hybridized carbons (Fsp3) is 0.167. The molecule has 0 aliphatic carbocycles. The lowest BCUT2D eigenvalue weighted by molar-refractivity contribution is -0.116. The maximum absolute atomic E-state index is 11.2. The third kappa shape index (κ3) is 3.28. The SMILES string of the molecule is C=CC(=O)NC[C@@H]1Cc2cc(Oc3ccccc3)ccc2O1. The summed E-state index contributed by atoms with van der Waals surface area (Å²) >= 11 is 0. The number of rotatable bonds is 5. The molecule has 0 fully saturated rings. The van der Waals surface area contributed by atoms with Gasteiger partial charge in [0.1, 0.15) is 23.4 Å². The smallest absolute Gasteiger partial charge is 0.243 e. The van der Waals surface area contributed by atoms with E-state index in [0.29, 0.717) is 6.54 Å². The molecule has 0 spiro atoms. The number of carbonyl (C=O) groups excluding carboxylic acids is 1. The molecule has 0 saturated carbocycles. The molecule has 0 radical (unpaired) electrons. The molecule has 1 atom stereocenters. The topological polar surface area (TPSA) is 47.6 Å². The summed E-state index contributed by atoms with van der Waals surface area (Å²) in [6.07, 6.45) is 1.96. The Kier molecular flexibility index (Phi) is 4.10. The van der Waals surface area contributed by atoms with Crippen LogP contribution in [-0.2, 0) is 11.2 Å². The molecular formula is C18H17NO3. The first-order valence-electron chi connectivity index (χ1n) is 7.17. The van der Waals surface area contributed by atoms with E-state index in [4.69, 9.17) is 9.47 Å². The molecule has 2 aromatic carbocycles. The highest BCUT2D eigenvalue weighted by molar-refractivity contribution is 5.86. The van der Waals surface area contributed by atoms with E-state index in [1.807, 2.05) is 48.5 Å². The Morgan fingerprint density at radius 3 is 2.86 bits per heavy atom.